The van der Waals surface area contributed by atoms with Gasteiger partial charge in [-0.3, -0.25) is 9.59 Å². The maximum absolute atomic E-state index is 11.5. The average Bonchev–Trinajstić information content (AvgIpc) is 2.99. The number of carboxylic acid groups (broad SMARTS) is 1. The molecule has 0 amide bonds. The Morgan fingerprint density at radius 2 is 0.721 bits per heavy atom. The molecular weight excluding hydrogens is 556 g/mol. The standard InChI is InChI=1S/C33H64O10/c1-2-3-4-5-6-7-8-9-10-11-12-13-16-19-37-20-21-38-22-23-39-24-25-40-26-27-41-28-29-42-30-31-43-33(36)18-15-14-17-32(34)35/h2-31H2,1H3,(H,34,35). The summed E-state index contributed by atoms with van der Waals surface area (Å²) < 4.78 is 37.9. The van der Waals surface area contributed by atoms with E-state index in [1.54, 1.807) is 0 Å². The summed E-state index contributed by atoms with van der Waals surface area (Å²) in [6, 6.07) is 0. The van der Waals surface area contributed by atoms with E-state index in [0.29, 0.717) is 85.5 Å². The van der Waals surface area contributed by atoms with Crippen molar-refractivity contribution in [2.45, 2.75) is 116 Å². The van der Waals surface area contributed by atoms with Crippen LogP contribution in [0.25, 0.3) is 0 Å². The number of ether oxygens (including phenoxy) is 7. The third kappa shape index (κ3) is 38.7. The first-order chi connectivity index (χ1) is 21.2. The van der Waals surface area contributed by atoms with E-state index in [1.807, 2.05) is 0 Å². The van der Waals surface area contributed by atoms with E-state index in [0.717, 1.165) is 13.0 Å². The van der Waals surface area contributed by atoms with Crippen LogP contribution in [-0.4, -0.2) is 103 Å². The molecule has 0 heterocycles. The zero-order valence-electron chi connectivity index (χ0n) is 27.3. The van der Waals surface area contributed by atoms with Crippen molar-refractivity contribution < 1.29 is 47.9 Å². The molecule has 0 saturated heterocycles. The molecule has 0 spiro atoms. The molecule has 0 unspecified atom stereocenters. The second-order valence-corrected chi connectivity index (χ2v) is 10.7. The Labute approximate surface area is 261 Å². The number of unbranched alkanes of at least 4 members (excludes halogenated alkanes) is 13. The smallest absolute Gasteiger partial charge is 0.305 e. The van der Waals surface area contributed by atoms with Crippen LogP contribution in [0.3, 0.4) is 0 Å². The SMILES string of the molecule is CCCCCCCCCCCCCCCOCCOCCOCCOCCOCCOCCOC(=O)CCCCC(=O)O. The van der Waals surface area contributed by atoms with Crippen LogP contribution in [0.4, 0.5) is 0 Å². The number of hydrogen-bond acceptors (Lipinski definition) is 9. The highest BCUT2D eigenvalue weighted by atomic mass is 16.6. The van der Waals surface area contributed by atoms with Gasteiger partial charge in [0.25, 0.3) is 0 Å². The van der Waals surface area contributed by atoms with Crippen LogP contribution in [0.1, 0.15) is 116 Å². The van der Waals surface area contributed by atoms with Crippen molar-refractivity contribution in [3.63, 3.8) is 0 Å². The summed E-state index contributed by atoms with van der Waals surface area (Å²) in [6.07, 6.45) is 19.0. The topological polar surface area (TPSA) is 119 Å². The molecule has 0 aliphatic carbocycles. The summed E-state index contributed by atoms with van der Waals surface area (Å²) in [5.74, 6) is -1.19. The molecule has 0 aromatic carbocycles. The van der Waals surface area contributed by atoms with Crippen LogP contribution in [0.2, 0.25) is 0 Å². The molecule has 0 aromatic rings. The lowest BCUT2D eigenvalue weighted by atomic mass is 10.0. The van der Waals surface area contributed by atoms with Crippen molar-refractivity contribution >= 4 is 11.9 Å². The molecule has 10 nitrogen and oxygen atoms in total. The Balaban J connectivity index is 3.09. The van der Waals surface area contributed by atoms with Gasteiger partial charge in [-0.25, -0.2) is 0 Å². The summed E-state index contributed by atoms with van der Waals surface area (Å²) in [5, 5.41) is 8.55. The molecular formula is C33H64O10. The van der Waals surface area contributed by atoms with Gasteiger partial charge in [-0.15, -0.1) is 0 Å². The van der Waals surface area contributed by atoms with Gasteiger partial charge < -0.3 is 38.3 Å². The highest BCUT2D eigenvalue weighted by molar-refractivity contribution is 5.69. The van der Waals surface area contributed by atoms with E-state index in [9.17, 15) is 9.59 Å². The molecule has 0 radical (unpaired) electrons. The van der Waals surface area contributed by atoms with Gasteiger partial charge in [0.2, 0.25) is 0 Å². The van der Waals surface area contributed by atoms with E-state index in [-0.39, 0.29) is 25.4 Å². The van der Waals surface area contributed by atoms with Crippen LogP contribution < -0.4 is 0 Å². The van der Waals surface area contributed by atoms with Gasteiger partial charge in [-0.2, -0.15) is 0 Å². The predicted molar refractivity (Wildman–Crippen MR) is 168 cm³/mol. The Hall–Kier alpha value is -1.30. The maximum atomic E-state index is 11.5. The average molecular weight is 621 g/mol. The molecule has 0 rings (SSSR count). The quantitative estimate of drug-likeness (QED) is 0.0620. The zero-order chi connectivity index (χ0) is 31.3. The van der Waals surface area contributed by atoms with Crippen molar-refractivity contribution in [1.29, 1.82) is 0 Å². The largest absolute Gasteiger partial charge is 0.481 e. The second-order valence-electron chi connectivity index (χ2n) is 10.7. The first-order valence-corrected chi connectivity index (χ1v) is 17.0. The fourth-order valence-corrected chi connectivity index (χ4v) is 4.26. The molecule has 0 fully saturated rings. The number of carbonyl (C=O) groups excluding carboxylic acids is 1. The molecule has 0 saturated carbocycles. The Morgan fingerprint density at radius 3 is 1.12 bits per heavy atom. The lowest BCUT2D eigenvalue weighted by Gasteiger charge is -2.08. The zero-order valence-corrected chi connectivity index (χ0v) is 27.3. The van der Waals surface area contributed by atoms with Crippen molar-refractivity contribution in [2.24, 2.45) is 0 Å². The molecule has 1 N–H and O–H groups in total. The van der Waals surface area contributed by atoms with Crippen molar-refractivity contribution in [1.82, 2.24) is 0 Å². The van der Waals surface area contributed by atoms with Gasteiger partial charge in [0.1, 0.15) is 6.61 Å². The lowest BCUT2D eigenvalue weighted by molar-refractivity contribution is -0.146. The maximum Gasteiger partial charge on any atom is 0.305 e. The van der Waals surface area contributed by atoms with Crippen LogP contribution in [0.5, 0.6) is 0 Å². The molecule has 0 bridgehead atoms. The molecule has 0 aliphatic rings. The Kier molecular flexibility index (Phi) is 35.8. The number of aliphatic carboxylic acids is 1. The van der Waals surface area contributed by atoms with Crippen molar-refractivity contribution in [2.75, 3.05) is 85.9 Å². The second kappa shape index (κ2) is 36.9. The summed E-state index contributed by atoms with van der Waals surface area (Å²) in [4.78, 5) is 21.9. The molecule has 0 atom stereocenters. The molecule has 0 aliphatic heterocycles. The molecule has 43 heavy (non-hydrogen) atoms. The van der Waals surface area contributed by atoms with Crippen molar-refractivity contribution in [3.05, 3.63) is 0 Å². The summed E-state index contributed by atoms with van der Waals surface area (Å²) in [5.41, 5.74) is 0. The van der Waals surface area contributed by atoms with E-state index < -0.39 is 5.97 Å². The van der Waals surface area contributed by atoms with Gasteiger partial charge in [0.05, 0.1) is 72.7 Å². The van der Waals surface area contributed by atoms with Crippen LogP contribution in [0.15, 0.2) is 0 Å². The van der Waals surface area contributed by atoms with Gasteiger partial charge in [0.15, 0.2) is 0 Å². The van der Waals surface area contributed by atoms with Gasteiger partial charge in [0, 0.05) is 19.4 Å². The van der Waals surface area contributed by atoms with E-state index in [2.05, 4.69) is 6.92 Å². The number of esters is 1. The minimum absolute atomic E-state index is 0.0702. The summed E-state index contributed by atoms with van der Waals surface area (Å²) in [6.45, 7) is 8.71. The summed E-state index contributed by atoms with van der Waals surface area (Å²) >= 11 is 0. The van der Waals surface area contributed by atoms with E-state index in [1.165, 1.54) is 77.0 Å². The number of rotatable bonds is 37. The monoisotopic (exact) mass is 620 g/mol. The molecule has 256 valence electrons. The highest BCUT2D eigenvalue weighted by Crippen LogP contribution is 2.12. The van der Waals surface area contributed by atoms with E-state index in [4.69, 9.17) is 38.3 Å². The first kappa shape index (κ1) is 41.7. The number of carboxylic acids is 1. The number of hydrogen-bond donors (Lipinski definition) is 1. The fourth-order valence-electron chi connectivity index (χ4n) is 4.26. The third-order valence-electron chi connectivity index (χ3n) is 6.76. The van der Waals surface area contributed by atoms with Crippen molar-refractivity contribution in [3.8, 4) is 0 Å². The highest BCUT2D eigenvalue weighted by Gasteiger charge is 2.04. The minimum Gasteiger partial charge on any atom is -0.481 e. The Morgan fingerprint density at radius 1 is 0.395 bits per heavy atom. The number of carbonyl (C=O) groups is 2. The van der Waals surface area contributed by atoms with E-state index >= 15 is 0 Å². The van der Waals surface area contributed by atoms with Crippen LogP contribution in [-0.2, 0) is 42.7 Å². The molecule has 10 heteroatoms. The van der Waals surface area contributed by atoms with Gasteiger partial charge >= 0.3 is 11.9 Å². The molecule has 0 aromatic heterocycles. The summed E-state index contributed by atoms with van der Waals surface area (Å²) in [7, 11) is 0. The predicted octanol–water partition coefficient (Wildman–Crippen LogP) is 6.37. The van der Waals surface area contributed by atoms with Gasteiger partial charge in [-0.05, 0) is 19.3 Å². The fraction of sp³-hybridized carbons (Fsp3) is 0.939. The normalized spacial score (nSPS) is 11.3. The first-order valence-electron chi connectivity index (χ1n) is 17.0. The lowest BCUT2D eigenvalue weighted by Crippen LogP contribution is -2.15. The van der Waals surface area contributed by atoms with Crippen LogP contribution in [0, 0.1) is 0 Å². The third-order valence-corrected chi connectivity index (χ3v) is 6.76. The Bertz CT molecular complexity index is 576. The van der Waals surface area contributed by atoms with Gasteiger partial charge in [-0.1, -0.05) is 84.0 Å². The minimum atomic E-state index is -0.854. The van der Waals surface area contributed by atoms with Crippen LogP contribution >= 0.6 is 0 Å².